The molecule has 1 unspecified atom stereocenters. The van der Waals surface area contributed by atoms with E-state index in [2.05, 4.69) is 4.98 Å². The standard InChI is InChI=1S/C19H26N2O3S/c22-18(21-13-8-16(14-21)15-6-11-20-12-7-15)19(9-10-19)25(23,24)17-4-2-1-3-5-17/h6-7,11-12,16-17H,1-5,8-10,13-14H2. The first-order valence-electron chi connectivity index (χ1n) is 9.47. The highest BCUT2D eigenvalue weighted by Gasteiger charge is 2.63. The molecule has 3 aliphatic rings. The monoisotopic (exact) mass is 362 g/mol. The number of likely N-dealkylation sites (tertiary alicyclic amines) is 1. The van der Waals surface area contributed by atoms with Crippen LogP contribution in [0, 0.1) is 0 Å². The summed E-state index contributed by atoms with van der Waals surface area (Å²) >= 11 is 0. The molecule has 1 aliphatic heterocycles. The molecule has 1 amide bonds. The van der Waals surface area contributed by atoms with Crippen LogP contribution in [-0.4, -0.2) is 47.3 Å². The van der Waals surface area contributed by atoms with Gasteiger partial charge in [-0.15, -0.1) is 0 Å². The number of hydrogen-bond acceptors (Lipinski definition) is 4. The molecule has 0 N–H and O–H groups in total. The van der Waals surface area contributed by atoms with Crippen molar-refractivity contribution in [2.45, 2.75) is 67.3 Å². The molecule has 5 nitrogen and oxygen atoms in total. The first-order valence-corrected chi connectivity index (χ1v) is 11.0. The Hall–Kier alpha value is -1.43. The molecule has 6 heteroatoms. The van der Waals surface area contributed by atoms with E-state index in [1.165, 1.54) is 5.56 Å². The predicted molar refractivity (Wildman–Crippen MR) is 95.9 cm³/mol. The van der Waals surface area contributed by atoms with E-state index in [9.17, 15) is 13.2 Å². The van der Waals surface area contributed by atoms with Crippen molar-refractivity contribution in [2.24, 2.45) is 0 Å². The van der Waals surface area contributed by atoms with Crippen molar-refractivity contribution >= 4 is 15.7 Å². The number of aromatic nitrogens is 1. The second kappa shape index (κ2) is 6.38. The highest BCUT2D eigenvalue weighted by molar-refractivity contribution is 7.94. The Morgan fingerprint density at radius 1 is 1.08 bits per heavy atom. The lowest BCUT2D eigenvalue weighted by Gasteiger charge is -2.29. The molecule has 1 aromatic rings. The van der Waals surface area contributed by atoms with Crippen LogP contribution in [0.3, 0.4) is 0 Å². The molecule has 25 heavy (non-hydrogen) atoms. The maximum atomic E-state index is 13.2. The van der Waals surface area contributed by atoms with Gasteiger partial charge in [-0.05, 0) is 49.8 Å². The van der Waals surface area contributed by atoms with Crippen molar-refractivity contribution in [2.75, 3.05) is 13.1 Å². The summed E-state index contributed by atoms with van der Waals surface area (Å²) in [5.74, 6) is 0.162. The molecule has 136 valence electrons. The summed E-state index contributed by atoms with van der Waals surface area (Å²) in [6, 6.07) is 3.98. The van der Waals surface area contributed by atoms with Crippen LogP contribution in [0.2, 0.25) is 0 Å². The summed E-state index contributed by atoms with van der Waals surface area (Å²) < 4.78 is 25.2. The van der Waals surface area contributed by atoms with E-state index in [0.717, 1.165) is 38.5 Å². The maximum absolute atomic E-state index is 13.2. The Balaban J connectivity index is 1.49. The second-order valence-corrected chi connectivity index (χ2v) is 10.4. The van der Waals surface area contributed by atoms with Crippen LogP contribution in [-0.2, 0) is 14.6 Å². The van der Waals surface area contributed by atoms with Gasteiger partial charge in [-0.1, -0.05) is 19.3 Å². The van der Waals surface area contributed by atoms with E-state index in [-0.39, 0.29) is 11.2 Å². The zero-order chi connectivity index (χ0) is 17.5. The van der Waals surface area contributed by atoms with Crippen LogP contribution < -0.4 is 0 Å². The fraction of sp³-hybridized carbons (Fsp3) is 0.684. The minimum Gasteiger partial charge on any atom is -0.341 e. The van der Waals surface area contributed by atoms with Gasteiger partial charge in [0.25, 0.3) is 0 Å². The van der Waals surface area contributed by atoms with E-state index in [1.54, 1.807) is 17.3 Å². The molecule has 0 radical (unpaired) electrons. The molecule has 0 aromatic carbocycles. The Labute approximate surface area is 149 Å². The molecule has 0 bridgehead atoms. The van der Waals surface area contributed by atoms with Gasteiger partial charge in [0.1, 0.15) is 0 Å². The molecular weight excluding hydrogens is 336 g/mol. The number of rotatable bonds is 4. The molecule has 4 rings (SSSR count). The van der Waals surface area contributed by atoms with Gasteiger partial charge in [0.15, 0.2) is 14.6 Å². The van der Waals surface area contributed by atoms with Gasteiger partial charge in [0.2, 0.25) is 5.91 Å². The normalized spacial score (nSPS) is 26.6. The van der Waals surface area contributed by atoms with E-state index < -0.39 is 14.6 Å². The maximum Gasteiger partial charge on any atom is 0.244 e. The lowest BCUT2D eigenvalue weighted by molar-refractivity contribution is -0.130. The first kappa shape index (κ1) is 17.0. The van der Waals surface area contributed by atoms with Crippen molar-refractivity contribution in [3.05, 3.63) is 30.1 Å². The zero-order valence-corrected chi connectivity index (χ0v) is 15.4. The highest BCUT2D eigenvalue weighted by atomic mass is 32.2. The summed E-state index contributed by atoms with van der Waals surface area (Å²) in [6.07, 6.45) is 10.0. The minimum absolute atomic E-state index is 0.130. The Kier molecular flexibility index (Phi) is 4.34. The largest absolute Gasteiger partial charge is 0.341 e. The van der Waals surface area contributed by atoms with Crippen molar-refractivity contribution in [3.63, 3.8) is 0 Å². The first-order chi connectivity index (χ1) is 12.0. The molecular formula is C19H26N2O3S. The van der Waals surface area contributed by atoms with Gasteiger partial charge in [0.05, 0.1) is 5.25 Å². The Morgan fingerprint density at radius 2 is 1.76 bits per heavy atom. The summed E-state index contributed by atoms with van der Waals surface area (Å²) in [5, 5.41) is -0.300. The third-order valence-corrected chi connectivity index (χ3v) is 9.30. The van der Waals surface area contributed by atoms with Crippen LogP contribution in [0.4, 0.5) is 0 Å². The number of amides is 1. The van der Waals surface area contributed by atoms with Crippen LogP contribution in [0.25, 0.3) is 0 Å². The molecule has 1 aromatic heterocycles. The topological polar surface area (TPSA) is 67.3 Å². The van der Waals surface area contributed by atoms with Crippen LogP contribution in [0.1, 0.15) is 62.8 Å². The Morgan fingerprint density at radius 3 is 2.40 bits per heavy atom. The van der Waals surface area contributed by atoms with E-state index in [0.29, 0.717) is 31.8 Å². The fourth-order valence-electron chi connectivity index (χ4n) is 4.57. The lowest BCUT2D eigenvalue weighted by Crippen LogP contribution is -2.47. The SMILES string of the molecule is O=C(N1CCC(c2ccncc2)C1)C1(S(=O)(=O)C2CCCCC2)CC1. The van der Waals surface area contributed by atoms with Crippen molar-refractivity contribution < 1.29 is 13.2 Å². The molecule has 2 aliphatic carbocycles. The zero-order valence-electron chi connectivity index (χ0n) is 14.6. The van der Waals surface area contributed by atoms with Gasteiger partial charge in [0, 0.05) is 31.4 Å². The third kappa shape index (κ3) is 2.88. The van der Waals surface area contributed by atoms with E-state index in [1.807, 2.05) is 12.1 Å². The number of sulfone groups is 1. The fourth-order valence-corrected chi connectivity index (χ4v) is 7.20. The molecule has 0 spiro atoms. The Bertz CT molecular complexity index is 737. The lowest BCUT2D eigenvalue weighted by atomic mass is 10.00. The smallest absolute Gasteiger partial charge is 0.244 e. The van der Waals surface area contributed by atoms with Gasteiger partial charge < -0.3 is 4.90 Å². The average molecular weight is 362 g/mol. The number of nitrogens with zero attached hydrogens (tertiary/aromatic N) is 2. The number of carbonyl (C=O) groups excluding carboxylic acids is 1. The highest BCUT2D eigenvalue weighted by Crippen LogP contribution is 2.49. The number of hydrogen-bond donors (Lipinski definition) is 0. The number of pyridine rings is 1. The van der Waals surface area contributed by atoms with Gasteiger partial charge in [-0.25, -0.2) is 8.42 Å². The van der Waals surface area contributed by atoms with E-state index in [4.69, 9.17) is 0 Å². The number of carbonyl (C=O) groups is 1. The molecule has 1 saturated heterocycles. The third-order valence-electron chi connectivity index (χ3n) is 6.28. The van der Waals surface area contributed by atoms with E-state index >= 15 is 0 Å². The molecule has 2 saturated carbocycles. The average Bonchev–Trinajstić information content (AvgIpc) is 3.34. The van der Waals surface area contributed by atoms with Crippen LogP contribution in [0.15, 0.2) is 24.5 Å². The molecule has 1 atom stereocenters. The quantitative estimate of drug-likeness (QED) is 0.826. The van der Waals surface area contributed by atoms with Crippen molar-refractivity contribution in [1.82, 2.24) is 9.88 Å². The molecule has 2 heterocycles. The van der Waals surface area contributed by atoms with Gasteiger partial charge >= 0.3 is 0 Å². The second-order valence-electron chi connectivity index (χ2n) is 7.82. The summed E-state index contributed by atoms with van der Waals surface area (Å²) in [4.78, 5) is 19.0. The molecule has 3 fully saturated rings. The summed E-state index contributed by atoms with van der Waals surface area (Å²) in [7, 11) is -3.37. The van der Waals surface area contributed by atoms with Crippen LogP contribution in [0.5, 0.6) is 0 Å². The van der Waals surface area contributed by atoms with Crippen molar-refractivity contribution in [3.8, 4) is 0 Å². The van der Waals surface area contributed by atoms with Gasteiger partial charge in [-0.3, -0.25) is 9.78 Å². The predicted octanol–water partition coefficient (Wildman–Crippen LogP) is 2.68. The summed E-state index contributed by atoms with van der Waals surface area (Å²) in [6.45, 7) is 1.29. The summed E-state index contributed by atoms with van der Waals surface area (Å²) in [5.41, 5.74) is 1.19. The minimum atomic E-state index is -3.37. The van der Waals surface area contributed by atoms with Crippen LogP contribution >= 0.6 is 0 Å². The van der Waals surface area contributed by atoms with Crippen molar-refractivity contribution in [1.29, 1.82) is 0 Å². The van der Waals surface area contributed by atoms with Gasteiger partial charge in [-0.2, -0.15) is 0 Å².